The molecule has 0 bridgehead atoms. The maximum absolute atomic E-state index is 14.6. The number of carbonyl (C=O) groups is 1. The molecule has 2 aromatic rings. The standard InChI is InChI=1S/C19H17F2N5OS/c1-11-9-28-18(23)26-19(11,10-20)14-6-13(3-4-15(14)21)25-17(27)16-5-2-12(7-22)8-24-16/h2-6,8,11H,9-10H2,1H3,(H2,23,26)(H,25,27)/t11-,19+/m1/s1. The molecule has 3 N–H and O–H groups in total. The zero-order chi connectivity index (χ0) is 20.3. The summed E-state index contributed by atoms with van der Waals surface area (Å²) in [4.78, 5) is 20.5. The van der Waals surface area contributed by atoms with Gasteiger partial charge < -0.3 is 11.1 Å². The van der Waals surface area contributed by atoms with Crippen LogP contribution < -0.4 is 11.1 Å². The number of amidine groups is 1. The van der Waals surface area contributed by atoms with E-state index in [1.165, 1.54) is 42.2 Å². The van der Waals surface area contributed by atoms with Crippen LogP contribution >= 0.6 is 11.8 Å². The fraction of sp³-hybridized carbons (Fsp3) is 0.263. The van der Waals surface area contributed by atoms with Gasteiger partial charge in [-0.3, -0.25) is 4.79 Å². The summed E-state index contributed by atoms with van der Waals surface area (Å²) in [5, 5.41) is 11.6. The minimum atomic E-state index is -1.44. The number of aliphatic imine (C=N–C) groups is 1. The second-order valence-corrected chi connectivity index (χ2v) is 7.45. The lowest BCUT2D eigenvalue weighted by Gasteiger charge is -2.37. The number of nitrogens with one attached hydrogen (secondary N) is 1. The Morgan fingerprint density at radius 2 is 2.25 bits per heavy atom. The van der Waals surface area contributed by atoms with E-state index in [4.69, 9.17) is 11.0 Å². The van der Waals surface area contributed by atoms with E-state index in [1.54, 1.807) is 6.92 Å². The first-order valence-corrected chi connectivity index (χ1v) is 9.40. The number of pyridine rings is 1. The predicted molar refractivity (Wildman–Crippen MR) is 104 cm³/mol. The fourth-order valence-corrected chi connectivity index (χ4v) is 3.89. The Balaban J connectivity index is 1.94. The van der Waals surface area contributed by atoms with Crippen molar-refractivity contribution >= 4 is 28.5 Å². The SMILES string of the molecule is C[C@@H]1CSC(N)=N[C@]1(CF)c1cc(NC(=O)c2ccc(C#N)cn2)ccc1F. The largest absolute Gasteiger partial charge is 0.379 e. The summed E-state index contributed by atoms with van der Waals surface area (Å²) in [5.74, 6) is -0.950. The average Bonchev–Trinajstić information content (AvgIpc) is 2.71. The number of nitrogens with zero attached hydrogens (tertiary/aromatic N) is 3. The van der Waals surface area contributed by atoms with Crippen LogP contribution in [0.15, 0.2) is 41.5 Å². The molecule has 0 saturated heterocycles. The molecule has 0 radical (unpaired) electrons. The Morgan fingerprint density at radius 1 is 1.46 bits per heavy atom. The summed E-state index contributed by atoms with van der Waals surface area (Å²) in [5.41, 5.74) is 5.07. The molecular weight excluding hydrogens is 384 g/mol. The van der Waals surface area contributed by atoms with Crippen molar-refractivity contribution in [3.63, 3.8) is 0 Å². The van der Waals surface area contributed by atoms with E-state index in [0.29, 0.717) is 11.3 Å². The molecule has 1 aliphatic heterocycles. The number of carbonyl (C=O) groups excluding carboxylic acids is 1. The van der Waals surface area contributed by atoms with Crippen LogP contribution in [0.5, 0.6) is 0 Å². The lowest BCUT2D eigenvalue weighted by atomic mass is 9.80. The van der Waals surface area contributed by atoms with Crippen LogP contribution in [-0.4, -0.2) is 28.5 Å². The van der Waals surface area contributed by atoms with Gasteiger partial charge in [0.15, 0.2) is 5.17 Å². The second kappa shape index (κ2) is 7.94. The van der Waals surface area contributed by atoms with E-state index >= 15 is 0 Å². The van der Waals surface area contributed by atoms with Gasteiger partial charge in [-0.15, -0.1) is 0 Å². The van der Waals surface area contributed by atoms with Crippen molar-refractivity contribution < 1.29 is 13.6 Å². The highest BCUT2D eigenvalue weighted by atomic mass is 32.2. The smallest absolute Gasteiger partial charge is 0.274 e. The van der Waals surface area contributed by atoms with Gasteiger partial charge in [0.1, 0.15) is 29.8 Å². The molecular formula is C19H17F2N5OS. The Labute approximate surface area is 164 Å². The summed E-state index contributed by atoms with van der Waals surface area (Å²) in [7, 11) is 0. The van der Waals surface area contributed by atoms with Gasteiger partial charge in [0.25, 0.3) is 5.91 Å². The van der Waals surface area contributed by atoms with Gasteiger partial charge in [-0.05, 0) is 36.2 Å². The lowest BCUT2D eigenvalue weighted by molar-refractivity contribution is 0.102. The number of aromatic nitrogens is 1. The highest BCUT2D eigenvalue weighted by Gasteiger charge is 2.43. The molecule has 1 amide bonds. The third kappa shape index (κ3) is 3.68. The lowest BCUT2D eigenvalue weighted by Crippen LogP contribution is -2.41. The van der Waals surface area contributed by atoms with E-state index in [1.807, 2.05) is 6.07 Å². The monoisotopic (exact) mass is 401 g/mol. The first-order valence-electron chi connectivity index (χ1n) is 8.41. The van der Waals surface area contributed by atoms with Crippen molar-refractivity contribution in [1.29, 1.82) is 5.26 Å². The molecule has 144 valence electrons. The van der Waals surface area contributed by atoms with E-state index in [0.717, 1.165) is 6.07 Å². The number of alkyl halides is 1. The summed E-state index contributed by atoms with van der Waals surface area (Å²) in [6.07, 6.45) is 1.28. The number of thioether (sulfide) groups is 1. The van der Waals surface area contributed by atoms with Gasteiger partial charge in [0.05, 0.1) is 5.56 Å². The summed E-state index contributed by atoms with van der Waals surface area (Å²) in [6.45, 7) is 0.870. The number of hydrogen-bond acceptors (Lipinski definition) is 6. The van der Waals surface area contributed by atoms with Crippen molar-refractivity contribution in [3.8, 4) is 6.07 Å². The van der Waals surface area contributed by atoms with Gasteiger partial charge in [-0.1, -0.05) is 18.7 Å². The number of nitriles is 1. The topological polar surface area (TPSA) is 104 Å². The van der Waals surface area contributed by atoms with Gasteiger partial charge in [0, 0.05) is 23.2 Å². The summed E-state index contributed by atoms with van der Waals surface area (Å²) in [6, 6.07) is 8.70. The molecule has 0 aliphatic carbocycles. The van der Waals surface area contributed by atoms with Crippen molar-refractivity contribution in [1.82, 2.24) is 4.98 Å². The van der Waals surface area contributed by atoms with Gasteiger partial charge in [0.2, 0.25) is 0 Å². The molecule has 0 unspecified atom stereocenters. The summed E-state index contributed by atoms with van der Waals surface area (Å²) >= 11 is 1.30. The van der Waals surface area contributed by atoms with Crippen molar-refractivity contribution in [2.24, 2.45) is 16.6 Å². The Bertz CT molecular complexity index is 973. The minimum Gasteiger partial charge on any atom is -0.379 e. The molecule has 9 heteroatoms. The van der Waals surface area contributed by atoms with Crippen LogP contribution in [0.25, 0.3) is 0 Å². The van der Waals surface area contributed by atoms with Crippen molar-refractivity contribution in [2.45, 2.75) is 12.5 Å². The van der Waals surface area contributed by atoms with Crippen LogP contribution in [0.4, 0.5) is 14.5 Å². The molecule has 6 nitrogen and oxygen atoms in total. The van der Waals surface area contributed by atoms with Crippen LogP contribution in [0.2, 0.25) is 0 Å². The molecule has 1 aliphatic rings. The zero-order valence-electron chi connectivity index (χ0n) is 14.9. The number of hydrogen-bond donors (Lipinski definition) is 2. The molecule has 2 heterocycles. The fourth-order valence-electron chi connectivity index (χ4n) is 2.97. The highest BCUT2D eigenvalue weighted by Crippen LogP contribution is 2.42. The third-order valence-corrected chi connectivity index (χ3v) is 5.68. The number of nitrogens with two attached hydrogens (primary N) is 1. The minimum absolute atomic E-state index is 0.0383. The van der Waals surface area contributed by atoms with Crippen LogP contribution in [-0.2, 0) is 5.54 Å². The number of halogens is 2. The van der Waals surface area contributed by atoms with Crippen molar-refractivity contribution in [2.75, 3.05) is 17.7 Å². The predicted octanol–water partition coefficient (Wildman–Crippen LogP) is 3.21. The van der Waals surface area contributed by atoms with Gasteiger partial charge in [-0.2, -0.15) is 5.26 Å². The molecule has 0 saturated carbocycles. The van der Waals surface area contributed by atoms with E-state index < -0.39 is 23.9 Å². The zero-order valence-corrected chi connectivity index (χ0v) is 15.8. The van der Waals surface area contributed by atoms with Crippen LogP contribution in [0.1, 0.15) is 28.5 Å². The van der Waals surface area contributed by atoms with E-state index in [2.05, 4.69) is 15.3 Å². The molecule has 28 heavy (non-hydrogen) atoms. The second-order valence-electron chi connectivity index (χ2n) is 6.41. The molecule has 0 spiro atoms. The van der Waals surface area contributed by atoms with Crippen molar-refractivity contribution in [3.05, 3.63) is 59.2 Å². The first-order chi connectivity index (χ1) is 13.4. The normalized spacial score (nSPS) is 21.5. The van der Waals surface area contributed by atoms with Gasteiger partial charge in [-0.25, -0.2) is 18.8 Å². The van der Waals surface area contributed by atoms with Gasteiger partial charge >= 0.3 is 0 Å². The van der Waals surface area contributed by atoms with E-state index in [9.17, 15) is 13.6 Å². The molecule has 3 rings (SSSR count). The third-order valence-electron chi connectivity index (χ3n) is 4.63. The molecule has 0 fully saturated rings. The maximum atomic E-state index is 14.6. The Kier molecular flexibility index (Phi) is 5.61. The number of benzene rings is 1. The first kappa shape index (κ1) is 19.8. The Morgan fingerprint density at radius 3 is 2.89 bits per heavy atom. The van der Waals surface area contributed by atoms with Crippen LogP contribution in [0.3, 0.4) is 0 Å². The summed E-state index contributed by atoms with van der Waals surface area (Å²) < 4.78 is 28.7. The number of amides is 1. The van der Waals surface area contributed by atoms with Crippen LogP contribution in [0, 0.1) is 23.1 Å². The van der Waals surface area contributed by atoms with E-state index in [-0.39, 0.29) is 28.0 Å². The highest BCUT2D eigenvalue weighted by molar-refractivity contribution is 8.13. The average molecular weight is 401 g/mol. The molecule has 2 atom stereocenters. The molecule has 1 aromatic heterocycles. The quantitative estimate of drug-likeness (QED) is 0.819. The number of anilines is 1. The maximum Gasteiger partial charge on any atom is 0.274 e. The molecule has 1 aromatic carbocycles. The number of rotatable bonds is 4. The Hall–Kier alpha value is -2.99.